The van der Waals surface area contributed by atoms with E-state index < -0.39 is 15.6 Å². The van der Waals surface area contributed by atoms with Crippen molar-refractivity contribution < 1.29 is 8.42 Å². The van der Waals surface area contributed by atoms with Gasteiger partial charge in [-0.15, -0.1) is 0 Å². The molecule has 0 aliphatic rings. The molecule has 106 valence electrons. The van der Waals surface area contributed by atoms with Crippen molar-refractivity contribution in [3.8, 4) is 0 Å². The second kappa shape index (κ2) is 5.68. The summed E-state index contributed by atoms with van der Waals surface area (Å²) in [6.45, 7) is 3.69. The first-order valence-electron chi connectivity index (χ1n) is 6.16. The highest BCUT2D eigenvalue weighted by Crippen LogP contribution is 2.23. The second-order valence-corrected chi connectivity index (χ2v) is 7.65. The fraction of sp³-hybridized carbons (Fsp3) is 0.200. The van der Waals surface area contributed by atoms with Crippen LogP contribution in [0.3, 0.4) is 0 Å². The zero-order chi connectivity index (χ0) is 14.8. The molecule has 2 aromatic carbocycles. The Hall–Kier alpha value is -1.17. The lowest BCUT2D eigenvalue weighted by Gasteiger charge is -2.26. The van der Waals surface area contributed by atoms with Crippen LogP contribution in [-0.2, 0) is 15.6 Å². The lowest BCUT2D eigenvalue weighted by Crippen LogP contribution is -2.40. The van der Waals surface area contributed by atoms with Crippen molar-refractivity contribution in [2.75, 3.05) is 0 Å². The summed E-state index contributed by atoms with van der Waals surface area (Å²) in [7, 11) is -3.55. The molecule has 0 aliphatic heterocycles. The predicted octanol–water partition coefficient (Wildman–Crippen LogP) is 3.66. The molecule has 2 rings (SSSR count). The molecule has 3 nitrogen and oxygen atoms in total. The molecule has 0 fully saturated rings. The summed E-state index contributed by atoms with van der Waals surface area (Å²) in [6, 6.07) is 16.1. The Morgan fingerprint density at radius 1 is 0.950 bits per heavy atom. The third kappa shape index (κ3) is 3.48. The number of sulfonamides is 1. The molecular formula is C15H16BrNO2S. The number of nitrogens with one attached hydrogen (secondary N) is 1. The zero-order valence-corrected chi connectivity index (χ0v) is 13.7. The number of hydrogen-bond donors (Lipinski definition) is 1. The van der Waals surface area contributed by atoms with Gasteiger partial charge >= 0.3 is 0 Å². The van der Waals surface area contributed by atoms with Gasteiger partial charge in [0.1, 0.15) is 0 Å². The first-order chi connectivity index (χ1) is 9.31. The average molecular weight is 354 g/mol. The van der Waals surface area contributed by atoms with Crippen LogP contribution < -0.4 is 4.72 Å². The zero-order valence-electron chi connectivity index (χ0n) is 11.3. The quantitative estimate of drug-likeness (QED) is 0.911. The molecule has 0 aliphatic carbocycles. The van der Waals surface area contributed by atoms with Gasteiger partial charge in [-0.25, -0.2) is 13.1 Å². The van der Waals surface area contributed by atoms with Gasteiger partial charge in [0.05, 0.1) is 10.4 Å². The lowest BCUT2D eigenvalue weighted by atomic mass is 9.96. The van der Waals surface area contributed by atoms with E-state index in [1.54, 1.807) is 24.3 Å². The second-order valence-electron chi connectivity index (χ2n) is 5.05. The smallest absolute Gasteiger partial charge is 0.207 e. The summed E-state index contributed by atoms with van der Waals surface area (Å²) >= 11 is 3.30. The molecule has 0 heterocycles. The Labute approximate surface area is 128 Å². The molecule has 0 bridgehead atoms. The van der Waals surface area contributed by atoms with Crippen LogP contribution in [0.1, 0.15) is 19.4 Å². The van der Waals surface area contributed by atoms with Crippen LogP contribution >= 0.6 is 15.9 Å². The fourth-order valence-corrected chi connectivity index (χ4v) is 3.59. The van der Waals surface area contributed by atoms with Crippen molar-refractivity contribution in [3.63, 3.8) is 0 Å². The first kappa shape index (κ1) is 15.2. The van der Waals surface area contributed by atoms with Crippen molar-refractivity contribution in [1.82, 2.24) is 4.72 Å². The molecule has 0 atom stereocenters. The van der Waals surface area contributed by atoms with Gasteiger partial charge in [-0.3, -0.25) is 0 Å². The van der Waals surface area contributed by atoms with Gasteiger partial charge in [-0.1, -0.05) is 46.3 Å². The van der Waals surface area contributed by atoms with Crippen LogP contribution in [0.15, 0.2) is 64.0 Å². The van der Waals surface area contributed by atoms with Crippen LogP contribution in [0.4, 0.5) is 0 Å². The van der Waals surface area contributed by atoms with Gasteiger partial charge in [0, 0.05) is 4.47 Å². The minimum atomic E-state index is -3.55. The Kier molecular flexibility index (Phi) is 4.32. The summed E-state index contributed by atoms with van der Waals surface area (Å²) in [6.07, 6.45) is 0. The number of benzene rings is 2. The minimum absolute atomic E-state index is 0.254. The Morgan fingerprint density at radius 2 is 1.50 bits per heavy atom. The summed E-state index contributed by atoms with van der Waals surface area (Å²) in [4.78, 5) is 0.254. The van der Waals surface area contributed by atoms with E-state index in [9.17, 15) is 8.42 Å². The van der Waals surface area contributed by atoms with E-state index in [1.807, 2.05) is 44.2 Å². The topological polar surface area (TPSA) is 46.2 Å². The molecule has 0 unspecified atom stereocenters. The maximum absolute atomic E-state index is 12.4. The lowest BCUT2D eigenvalue weighted by molar-refractivity contribution is 0.472. The van der Waals surface area contributed by atoms with E-state index in [2.05, 4.69) is 20.7 Å². The van der Waals surface area contributed by atoms with Crippen LogP contribution in [0, 0.1) is 0 Å². The van der Waals surface area contributed by atoms with E-state index in [4.69, 9.17) is 0 Å². The largest absolute Gasteiger partial charge is 0.241 e. The van der Waals surface area contributed by atoms with Crippen LogP contribution in [0.5, 0.6) is 0 Å². The van der Waals surface area contributed by atoms with Gasteiger partial charge in [-0.05, 0) is 43.7 Å². The normalized spacial score (nSPS) is 12.3. The Morgan fingerprint density at radius 3 is 2.05 bits per heavy atom. The summed E-state index contributed by atoms with van der Waals surface area (Å²) < 4.78 is 28.4. The summed E-state index contributed by atoms with van der Waals surface area (Å²) in [5, 5.41) is 0. The monoisotopic (exact) mass is 353 g/mol. The van der Waals surface area contributed by atoms with Crippen molar-refractivity contribution >= 4 is 26.0 Å². The highest BCUT2D eigenvalue weighted by atomic mass is 79.9. The maximum Gasteiger partial charge on any atom is 0.241 e. The summed E-state index contributed by atoms with van der Waals surface area (Å²) in [5.41, 5.74) is 0.244. The Bertz CT molecular complexity index is 680. The van der Waals surface area contributed by atoms with E-state index in [0.29, 0.717) is 0 Å². The van der Waals surface area contributed by atoms with E-state index >= 15 is 0 Å². The van der Waals surface area contributed by atoms with Crippen molar-refractivity contribution in [2.45, 2.75) is 24.3 Å². The van der Waals surface area contributed by atoms with Gasteiger partial charge < -0.3 is 0 Å². The van der Waals surface area contributed by atoms with Crippen LogP contribution in [-0.4, -0.2) is 8.42 Å². The van der Waals surface area contributed by atoms with Gasteiger partial charge in [0.15, 0.2) is 0 Å². The SMILES string of the molecule is CC(C)(NS(=O)(=O)c1ccc(Br)cc1)c1ccccc1. The number of hydrogen-bond acceptors (Lipinski definition) is 2. The predicted molar refractivity (Wildman–Crippen MR) is 83.9 cm³/mol. The summed E-state index contributed by atoms with van der Waals surface area (Å²) in [5.74, 6) is 0. The molecule has 2 aromatic rings. The number of halogens is 1. The first-order valence-corrected chi connectivity index (χ1v) is 8.44. The van der Waals surface area contributed by atoms with Crippen LogP contribution in [0.25, 0.3) is 0 Å². The molecule has 1 N–H and O–H groups in total. The average Bonchev–Trinajstić information content (AvgIpc) is 2.39. The third-order valence-corrected chi connectivity index (χ3v) is 5.21. The highest BCUT2D eigenvalue weighted by Gasteiger charge is 2.27. The molecule has 5 heteroatoms. The molecule has 0 amide bonds. The third-order valence-electron chi connectivity index (χ3n) is 3.01. The van der Waals surface area contributed by atoms with Crippen molar-refractivity contribution in [1.29, 1.82) is 0 Å². The van der Waals surface area contributed by atoms with Crippen molar-refractivity contribution in [3.05, 3.63) is 64.6 Å². The van der Waals surface area contributed by atoms with Gasteiger partial charge in [0.2, 0.25) is 10.0 Å². The maximum atomic E-state index is 12.4. The molecular weight excluding hydrogens is 338 g/mol. The molecule has 0 aromatic heterocycles. The number of rotatable bonds is 4. The highest BCUT2D eigenvalue weighted by molar-refractivity contribution is 9.10. The standard InChI is InChI=1S/C15H16BrNO2S/c1-15(2,12-6-4-3-5-7-12)17-20(18,19)14-10-8-13(16)9-11-14/h3-11,17H,1-2H3. The van der Waals surface area contributed by atoms with Gasteiger partial charge in [-0.2, -0.15) is 0 Å². The fourth-order valence-electron chi connectivity index (χ4n) is 1.92. The molecule has 0 saturated heterocycles. The molecule has 0 radical (unpaired) electrons. The Balaban J connectivity index is 2.30. The molecule has 0 spiro atoms. The van der Waals surface area contributed by atoms with Gasteiger partial charge in [0.25, 0.3) is 0 Å². The van der Waals surface area contributed by atoms with E-state index in [0.717, 1.165) is 10.0 Å². The molecule has 0 saturated carbocycles. The molecule has 20 heavy (non-hydrogen) atoms. The van der Waals surface area contributed by atoms with Crippen molar-refractivity contribution in [2.24, 2.45) is 0 Å². The van der Waals surface area contributed by atoms with E-state index in [1.165, 1.54) is 0 Å². The van der Waals surface area contributed by atoms with Crippen LogP contribution in [0.2, 0.25) is 0 Å². The minimum Gasteiger partial charge on any atom is -0.207 e. The van der Waals surface area contributed by atoms with E-state index in [-0.39, 0.29) is 4.90 Å².